The summed E-state index contributed by atoms with van der Waals surface area (Å²) in [6.07, 6.45) is -1.54. The van der Waals surface area contributed by atoms with Gasteiger partial charge in [0.25, 0.3) is 11.6 Å². The third-order valence-electron chi connectivity index (χ3n) is 5.39. The molecule has 2 atom stereocenters. The molecule has 10 heteroatoms. The van der Waals surface area contributed by atoms with E-state index in [2.05, 4.69) is 25.5 Å². The SMILES string of the molecule is O=c1cc(-c2n[nH]c3ccc(-c4c(F)cccc4F)cc23)nc(O[C@H]2CCNC[C@@H]2F)[nH]1. The second-order valence-electron chi connectivity index (χ2n) is 7.53. The van der Waals surface area contributed by atoms with E-state index in [1.165, 1.54) is 24.3 Å². The largest absolute Gasteiger partial charge is 0.458 e. The van der Waals surface area contributed by atoms with Crippen LogP contribution in [0.4, 0.5) is 13.2 Å². The van der Waals surface area contributed by atoms with Gasteiger partial charge >= 0.3 is 0 Å². The van der Waals surface area contributed by atoms with Crippen molar-refractivity contribution in [1.29, 1.82) is 0 Å². The highest BCUT2D eigenvalue weighted by atomic mass is 19.1. The van der Waals surface area contributed by atoms with Crippen molar-refractivity contribution in [2.75, 3.05) is 13.1 Å². The van der Waals surface area contributed by atoms with Gasteiger partial charge in [-0.3, -0.25) is 14.9 Å². The summed E-state index contributed by atoms with van der Waals surface area (Å²) in [5, 5.41) is 10.5. The average Bonchev–Trinajstić information content (AvgIpc) is 3.18. The van der Waals surface area contributed by atoms with Crippen LogP contribution in [-0.4, -0.2) is 45.5 Å². The Balaban J connectivity index is 1.56. The van der Waals surface area contributed by atoms with Crippen molar-refractivity contribution in [2.45, 2.75) is 18.7 Å². The molecular formula is C22H18F3N5O2. The average molecular weight is 441 g/mol. The summed E-state index contributed by atoms with van der Waals surface area (Å²) in [5.41, 5.74) is 0.729. The zero-order valence-electron chi connectivity index (χ0n) is 16.7. The fourth-order valence-electron chi connectivity index (χ4n) is 3.82. The summed E-state index contributed by atoms with van der Waals surface area (Å²) in [6, 6.07) is 9.55. The number of halogens is 3. The first-order valence-electron chi connectivity index (χ1n) is 10.1. The molecule has 3 heterocycles. The summed E-state index contributed by atoms with van der Waals surface area (Å²) < 4.78 is 48.3. The number of fused-ring (bicyclic) bond motifs is 1. The first kappa shape index (κ1) is 20.3. The number of H-pyrrole nitrogens is 2. The molecule has 164 valence electrons. The molecule has 0 spiro atoms. The Kier molecular flexibility index (Phi) is 5.14. The van der Waals surface area contributed by atoms with Crippen LogP contribution in [0.2, 0.25) is 0 Å². The van der Waals surface area contributed by atoms with Crippen LogP contribution in [0, 0.1) is 11.6 Å². The molecule has 2 aromatic carbocycles. The quantitative estimate of drug-likeness (QED) is 0.452. The topological polar surface area (TPSA) is 95.7 Å². The zero-order valence-corrected chi connectivity index (χ0v) is 16.7. The second-order valence-corrected chi connectivity index (χ2v) is 7.53. The lowest BCUT2D eigenvalue weighted by Gasteiger charge is -2.26. The normalized spacial score (nSPS) is 18.7. The van der Waals surface area contributed by atoms with E-state index in [9.17, 15) is 18.0 Å². The van der Waals surface area contributed by atoms with Crippen molar-refractivity contribution in [3.8, 4) is 28.5 Å². The van der Waals surface area contributed by atoms with E-state index in [1.54, 1.807) is 18.2 Å². The Morgan fingerprint density at radius 3 is 2.69 bits per heavy atom. The number of nitrogens with one attached hydrogen (secondary N) is 3. The van der Waals surface area contributed by atoms with Crippen molar-refractivity contribution in [3.05, 3.63) is 64.5 Å². The van der Waals surface area contributed by atoms with E-state index in [4.69, 9.17) is 4.74 Å². The Morgan fingerprint density at radius 1 is 1.09 bits per heavy atom. The summed E-state index contributed by atoms with van der Waals surface area (Å²) >= 11 is 0. The number of aromatic nitrogens is 4. The minimum absolute atomic E-state index is 0.116. The maximum absolute atomic E-state index is 14.3. The molecule has 1 aliphatic heterocycles. The van der Waals surface area contributed by atoms with Gasteiger partial charge in [0.1, 0.15) is 35.3 Å². The smallest absolute Gasteiger partial charge is 0.297 e. The van der Waals surface area contributed by atoms with Crippen LogP contribution in [0.15, 0.2) is 47.3 Å². The minimum atomic E-state index is -1.23. The molecule has 0 saturated carbocycles. The first-order valence-corrected chi connectivity index (χ1v) is 10.1. The summed E-state index contributed by atoms with van der Waals surface area (Å²) in [6.45, 7) is 0.752. The number of hydrogen-bond acceptors (Lipinski definition) is 5. The predicted molar refractivity (Wildman–Crippen MR) is 112 cm³/mol. The maximum Gasteiger partial charge on any atom is 0.297 e. The monoisotopic (exact) mass is 441 g/mol. The van der Waals surface area contributed by atoms with E-state index in [0.29, 0.717) is 35.1 Å². The molecular weight excluding hydrogens is 423 g/mol. The number of alkyl halides is 1. The number of benzene rings is 2. The van der Waals surface area contributed by atoms with Crippen molar-refractivity contribution >= 4 is 10.9 Å². The van der Waals surface area contributed by atoms with Gasteiger partial charge in [-0.1, -0.05) is 12.1 Å². The molecule has 5 rings (SSSR count). The fourth-order valence-corrected chi connectivity index (χ4v) is 3.82. The molecule has 1 fully saturated rings. The number of piperidine rings is 1. The Hall–Kier alpha value is -3.66. The van der Waals surface area contributed by atoms with Crippen LogP contribution in [0.1, 0.15) is 6.42 Å². The molecule has 32 heavy (non-hydrogen) atoms. The zero-order chi connectivity index (χ0) is 22.2. The predicted octanol–water partition coefficient (Wildman–Crippen LogP) is 3.34. The van der Waals surface area contributed by atoms with Gasteiger partial charge in [-0.25, -0.2) is 13.2 Å². The Bertz CT molecular complexity index is 1330. The number of rotatable bonds is 4. The van der Waals surface area contributed by atoms with Crippen LogP contribution in [0.3, 0.4) is 0 Å². The van der Waals surface area contributed by atoms with Gasteiger partial charge in [-0.15, -0.1) is 0 Å². The molecule has 0 radical (unpaired) electrons. The van der Waals surface area contributed by atoms with Crippen molar-refractivity contribution < 1.29 is 17.9 Å². The third kappa shape index (κ3) is 3.73. The molecule has 0 amide bonds. The molecule has 3 N–H and O–H groups in total. The molecule has 1 aliphatic rings. The van der Waals surface area contributed by atoms with Crippen LogP contribution in [-0.2, 0) is 0 Å². The second kappa shape index (κ2) is 8.12. The van der Waals surface area contributed by atoms with Gasteiger partial charge in [0.15, 0.2) is 0 Å². The molecule has 4 aromatic rings. The molecule has 2 aromatic heterocycles. The van der Waals surface area contributed by atoms with Gasteiger partial charge in [-0.05, 0) is 42.8 Å². The fraction of sp³-hybridized carbons (Fsp3) is 0.227. The number of ether oxygens (including phenoxy) is 1. The molecule has 0 unspecified atom stereocenters. The van der Waals surface area contributed by atoms with E-state index in [1.807, 2.05) is 0 Å². The molecule has 1 saturated heterocycles. The highest BCUT2D eigenvalue weighted by Crippen LogP contribution is 2.32. The van der Waals surface area contributed by atoms with Gasteiger partial charge in [0.05, 0.1) is 11.1 Å². The van der Waals surface area contributed by atoms with E-state index >= 15 is 0 Å². The minimum Gasteiger partial charge on any atom is -0.458 e. The van der Waals surface area contributed by atoms with Crippen LogP contribution < -0.4 is 15.6 Å². The molecule has 0 aliphatic carbocycles. The van der Waals surface area contributed by atoms with E-state index in [0.717, 1.165) is 0 Å². The van der Waals surface area contributed by atoms with Crippen LogP contribution in [0.25, 0.3) is 33.4 Å². The Labute approximate surface area is 179 Å². The third-order valence-corrected chi connectivity index (χ3v) is 5.39. The summed E-state index contributed by atoms with van der Waals surface area (Å²) in [4.78, 5) is 19.0. The lowest BCUT2D eigenvalue weighted by Crippen LogP contribution is -2.44. The van der Waals surface area contributed by atoms with Crippen LogP contribution in [0.5, 0.6) is 6.01 Å². The standard InChI is InChI=1S/C22H18F3N5O2/c23-13-2-1-3-14(24)20(13)11-4-5-16-12(8-11)21(30-29-16)17-9-19(31)28-22(27-17)32-18-6-7-26-10-15(18)25/h1-5,8-9,15,18,26H,6-7,10H2,(H,29,30)(H,27,28,31)/t15-,18-/m0/s1. The van der Waals surface area contributed by atoms with Gasteiger partial charge in [0, 0.05) is 18.0 Å². The van der Waals surface area contributed by atoms with Gasteiger partial charge in [0.2, 0.25) is 0 Å². The van der Waals surface area contributed by atoms with Gasteiger partial charge < -0.3 is 10.1 Å². The van der Waals surface area contributed by atoms with Crippen molar-refractivity contribution in [2.24, 2.45) is 0 Å². The van der Waals surface area contributed by atoms with Crippen molar-refractivity contribution in [3.63, 3.8) is 0 Å². The summed E-state index contributed by atoms with van der Waals surface area (Å²) in [7, 11) is 0. The number of hydrogen-bond donors (Lipinski definition) is 3. The molecule has 7 nitrogen and oxygen atoms in total. The maximum atomic E-state index is 14.3. The number of nitrogens with zero attached hydrogens (tertiary/aromatic N) is 2. The van der Waals surface area contributed by atoms with Crippen molar-refractivity contribution in [1.82, 2.24) is 25.5 Å². The van der Waals surface area contributed by atoms with Gasteiger partial charge in [-0.2, -0.15) is 10.1 Å². The first-order chi connectivity index (χ1) is 15.5. The van der Waals surface area contributed by atoms with E-state index in [-0.39, 0.29) is 23.8 Å². The van der Waals surface area contributed by atoms with E-state index < -0.39 is 29.5 Å². The lowest BCUT2D eigenvalue weighted by atomic mass is 10.0. The summed E-state index contributed by atoms with van der Waals surface area (Å²) in [5.74, 6) is -1.38. The molecule has 0 bridgehead atoms. The number of aromatic amines is 2. The van der Waals surface area contributed by atoms with Crippen LogP contribution >= 0.6 is 0 Å². The highest BCUT2D eigenvalue weighted by molar-refractivity contribution is 5.95. The lowest BCUT2D eigenvalue weighted by molar-refractivity contribution is 0.0651. The Morgan fingerprint density at radius 2 is 1.91 bits per heavy atom. The highest BCUT2D eigenvalue weighted by Gasteiger charge is 2.27.